The molecule has 0 aliphatic carbocycles. The zero-order valence-corrected chi connectivity index (χ0v) is 16.3. The van der Waals surface area contributed by atoms with E-state index >= 15 is 0 Å². The summed E-state index contributed by atoms with van der Waals surface area (Å²) in [6.45, 7) is 0.269. The van der Waals surface area contributed by atoms with Crippen LogP contribution >= 0.6 is 0 Å². The van der Waals surface area contributed by atoms with Crippen molar-refractivity contribution in [1.82, 2.24) is 0 Å². The Morgan fingerprint density at radius 3 is 1.42 bits per heavy atom. The number of hydrogen-bond donors (Lipinski definition) is 1. The largest absolute Gasteiger partial charge is 0.616 e. The maximum absolute atomic E-state index is 12.7. The molecule has 0 amide bonds. The van der Waals surface area contributed by atoms with Gasteiger partial charge in [0.2, 0.25) is 0 Å². The van der Waals surface area contributed by atoms with Gasteiger partial charge in [-0.2, -0.15) is 22.0 Å². The lowest BCUT2D eigenvalue weighted by molar-refractivity contribution is -0.284. The van der Waals surface area contributed by atoms with Crippen molar-refractivity contribution in [3.05, 3.63) is 0 Å². The van der Waals surface area contributed by atoms with Crippen LogP contribution in [0.25, 0.3) is 0 Å². The van der Waals surface area contributed by atoms with Crippen molar-refractivity contribution in [2.75, 3.05) is 18.1 Å². The third kappa shape index (κ3) is 14.0. The van der Waals surface area contributed by atoms with Gasteiger partial charge >= 0.3 is 12.1 Å². The number of alkyl halides is 5. The van der Waals surface area contributed by atoms with Gasteiger partial charge in [-0.15, -0.1) is 0 Å². The summed E-state index contributed by atoms with van der Waals surface area (Å²) in [5.74, 6) is -4.40. The number of halogens is 5. The molecule has 0 heterocycles. The van der Waals surface area contributed by atoms with Crippen LogP contribution in [0.2, 0.25) is 0 Å². The predicted octanol–water partition coefficient (Wildman–Crippen LogP) is 6.00. The highest BCUT2D eigenvalue weighted by atomic mass is 32.2. The molecule has 158 valence electrons. The fraction of sp³-hybridized carbons (Fsp3) is 1.00. The van der Waals surface area contributed by atoms with Crippen LogP contribution in [0.4, 0.5) is 22.0 Å². The van der Waals surface area contributed by atoms with Crippen molar-refractivity contribution in [2.24, 2.45) is 0 Å². The highest BCUT2D eigenvalue weighted by Crippen LogP contribution is 2.38. The molecule has 26 heavy (non-hydrogen) atoms. The van der Waals surface area contributed by atoms with Gasteiger partial charge in [0.15, 0.2) is 0 Å². The first kappa shape index (κ1) is 25.9. The van der Waals surface area contributed by atoms with E-state index in [9.17, 15) is 26.5 Å². The Balaban J connectivity index is 3.40. The molecule has 0 saturated heterocycles. The van der Waals surface area contributed by atoms with E-state index in [2.05, 4.69) is 0 Å². The highest BCUT2D eigenvalue weighted by molar-refractivity contribution is 7.91. The molecule has 1 atom stereocenters. The second-order valence-electron chi connectivity index (χ2n) is 6.77. The summed E-state index contributed by atoms with van der Waals surface area (Å²) in [6, 6.07) is 0. The Bertz CT molecular complexity index is 327. The molecule has 0 aliphatic rings. The molecule has 1 unspecified atom stereocenters. The van der Waals surface area contributed by atoms with Crippen molar-refractivity contribution in [3.8, 4) is 0 Å². The molecule has 0 saturated carbocycles. The summed E-state index contributed by atoms with van der Waals surface area (Å²) < 4.78 is 73.0. The van der Waals surface area contributed by atoms with Crippen molar-refractivity contribution >= 4 is 11.2 Å². The number of hydrogen-bond acceptors (Lipinski definition) is 2. The monoisotopic (exact) mass is 408 g/mol. The molecule has 2 nitrogen and oxygen atoms in total. The molecule has 0 spiro atoms. The zero-order valence-electron chi connectivity index (χ0n) is 15.5. The van der Waals surface area contributed by atoms with E-state index in [1.165, 1.54) is 25.7 Å². The van der Waals surface area contributed by atoms with Crippen LogP contribution in [0.15, 0.2) is 0 Å². The van der Waals surface area contributed by atoms with Crippen molar-refractivity contribution in [1.29, 1.82) is 0 Å². The minimum Gasteiger partial charge on any atom is -0.616 e. The van der Waals surface area contributed by atoms with Crippen LogP contribution in [0.5, 0.6) is 0 Å². The van der Waals surface area contributed by atoms with E-state index in [0.29, 0.717) is 5.75 Å². The molecule has 0 aromatic carbocycles. The zero-order chi connectivity index (χ0) is 19.9. The topological polar surface area (TPSA) is 43.3 Å². The first-order valence-corrected chi connectivity index (χ1v) is 11.1. The third-order valence-electron chi connectivity index (χ3n) is 4.31. The van der Waals surface area contributed by atoms with Gasteiger partial charge in [0.25, 0.3) is 0 Å². The molecule has 0 fully saturated rings. The van der Waals surface area contributed by atoms with Crippen molar-refractivity contribution < 1.29 is 31.6 Å². The van der Waals surface area contributed by atoms with Crippen LogP contribution in [-0.4, -0.2) is 39.9 Å². The van der Waals surface area contributed by atoms with E-state index in [-0.39, 0.29) is 18.8 Å². The third-order valence-corrected chi connectivity index (χ3v) is 5.80. The van der Waals surface area contributed by atoms with Gasteiger partial charge in [0, 0.05) is 13.0 Å². The molecule has 0 aromatic heterocycles. The van der Waals surface area contributed by atoms with E-state index in [1.807, 2.05) is 0 Å². The Morgan fingerprint density at radius 2 is 1.00 bits per heavy atom. The summed E-state index contributed by atoms with van der Waals surface area (Å²) in [7, 11) is 0. The smallest absolute Gasteiger partial charge is 0.453 e. The van der Waals surface area contributed by atoms with Crippen LogP contribution in [0, 0.1) is 0 Å². The van der Waals surface area contributed by atoms with E-state index in [1.54, 1.807) is 0 Å². The van der Waals surface area contributed by atoms with Gasteiger partial charge in [0.1, 0.15) is 11.5 Å². The van der Waals surface area contributed by atoms with E-state index in [0.717, 1.165) is 44.9 Å². The molecule has 0 aromatic rings. The highest BCUT2D eigenvalue weighted by Gasteiger charge is 2.56. The molecule has 1 N–H and O–H groups in total. The van der Waals surface area contributed by atoms with Gasteiger partial charge in [-0.05, 0) is 25.7 Å². The lowest BCUT2D eigenvalue weighted by Gasteiger charge is -2.19. The molecule has 0 bridgehead atoms. The lowest BCUT2D eigenvalue weighted by Crippen LogP contribution is -2.36. The maximum atomic E-state index is 12.7. The van der Waals surface area contributed by atoms with Crippen LogP contribution in [0.3, 0.4) is 0 Å². The Labute approximate surface area is 157 Å². The molecule has 8 heteroatoms. The molecule has 0 aliphatic heterocycles. The Morgan fingerprint density at radius 1 is 0.615 bits per heavy atom. The minimum absolute atomic E-state index is 0.0953. The van der Waals surface area contributed by atoms with E-state index < -0.39 is 29.7 Å². The van der Waals surface area contributed by atoms with Gasteiger partial charge in [-0.1, -0.05) is 62.5 Å². The fourth-order valence-corrected chi connectivity index (χ4v) is 3.86. The van der Waals surface area contributed by atoms with Crippen LogP contribution in [-0.2, 0) is 11.2 Å². The quantitative estimate of drug-likeness (QED) is 0.182. The first-order chi connectivity index (χ1) is 12.2. The number of unbranched alkanes of at least 4 members (excludes halogenated alkanes) is 10. The SMILES string of the molecule is [O-][S+](CCCCCCCCCCCCCO)CCCC(F)(F)C(F)(F)F. The standard InChI is InChI=1S/C18H33F5O2S/c19-17(20,18(21,22)23)13-12-16-26(25)15-11-9-7-5-3-1-2-4-6-8-10-14-24/h24H,1-16H2. The summed E-state index contributed by atoms with van der Waals surface area (Å²) in [5, 5.41) is 8.66. The summed E-state index contributed by atoms with van der Waals surface area (Å²) in [5.41, 5.74) is 0. The maximum Gasteiger partial charge on any atom is 0.453 e. The van der Waals surface area contributed by atoms with Crippen LogP contribution < -0.4 is 0 Å². The molecular weight excluding hydrogens is 375 g/mol. The number of aliphatic hydroxyl groups is 1. The molecule has 0 radical (unpaired) electrons. The van der Waals surface area contributed by atoms with E-state index in [4.69, 9.17) is 5.11 Å². The normalized spacial score (nSPS) is 14.0. The average Bonchev–Trinajstić information content (AvgIpc) is 2.54. The lowest BCUT2D eigenvalue weighted by atomic mass is 10.1. The van der Waals surface area contributed by atoms with Gasteiger partial charge in [-0.3, -0.25) is 0 Å². The number of aliphatic hydroxyl groups excluding tert-OH is 1. The van der Waals surface area contributed by atoms with Crippen molar-refractivity contribution in [2.45, 2.75) is 95.6 Å². The number of rotatable bonds is 17. The summed E-state index contributed by atoms with van der Waals surface area (Å²) >= 11 is -1.31. The summed E-state index contributed by atoms with van der Waals surface area (Å²) in [4.78, 5) is 0. The molecular formula is C18H33F5O2S. The summed E-state index contributed by atoms with van der Waals surface area (Å²) in [6.07, 6.45) is 4.50. The first-order valence-electron chi connectivity index (χ1n) is 9.61. The van der Waals surface area contributed by atoms with Gasteiger partial charge in [-0.25, -0.2) is 0 Å². The van der Waals surface area contributed by atoms with Crippen molar-refractivity contribution in [3.63, 3.8) is 0 Å². The minimum atomic E-state index is -5.52. The Hall–Kier alpha value is -0.0800. The second-order valence-corrected chi connectivity index (χ2v) is 8.46. The van der Waals surface area contributed by atoms with Crippen LogP contribution in [0.1, 0.15) is 83.5 Å². The Kier molecular flexibility index (Phi) is 14.9. The van der Waals surface area contributed by atoms with Gasteiger partial charge in [0.05, 0.1) is 0 Å². The fourth-order valence-electron chi connectivity index (χ4n) is 2.66. The second kappa shape index (κ2) is 14.9. The average molecular weight is 409 g/mol. The predicted molar refractivity (Wildman–Crippen MR) is 96.0 cm³/mol. The van der Waals surface area contributed by atoms with Gasteiger partial charge < -0.3 is 9.66 Å². The molecule has 0 rings (SSSR count).